The fourth-order valence-electron chi connectivity index (χ4n) is 2.22. The zero-order chi connectivity index (χ0) is 16.2. The summed E-state index contributed by atoms with van der Waals surface area (Å²) < 4.78 is 0. The Morgan fingerprint density at radius 3 is 2.65 bits per heavy atom. The average molecular weight is 310 g/mol. The number of aromatic nitrogens is 4. The first-order chi connectivity index (χ1) is 11.1. The predicted molar refractivity (Wildman–Crippen MR) is 83.9 cm³/mol. The summed E-state index contributed by atoms with van der Waals surface area (Å²) in [5, 5.41) is 21.2. The van der Waals surface area contributed by atoms with Gasteiger partial charge in [-0.05, 0) is 18.6 Å². The van der Waals surface area contributed by atoms with Gasteiger partial charge in [-0.2, -0.15) is 5.10 Å². The second-order valence-electron chi connectivity index (χ2n) is 4.90. The second-order valence-corrected chi connectivity index (χ2v) is 4.90. The van der Waals surface area contributed by atoms with E-state index >= 15 is 0 Å². The molecule has 2 heterocycles. The van der Waals surface area contributed by atoms with Gasteiger partial charge >= 0.3 is 5.69 Å². The lowest BCUT2D eigenvalue weighted by molar-refractivity contribution is -0.384. The van der Waals surface area contributed by atoms with Gasteiger partial charge in [0, 0.05) is 12.3 Å². The Morgan fingerprint density at radius 1 is 1.22 bits per heavy atom. The zero-order valence-corrected chi connectivity index (χ0v) is 12.3. The van der Waals surface area contributed by atoms with Gasteiger partial charge in [0.1, 0.15) is 11.9 Å². The summed E-state index contributed by atoms with van der Waals surface area (Å²) >= 11 is 0. The summed E-state index contributed by atoms with van der Waals surface area (Å²) in [6.45, 7) is 1.79. The van der Waals surface area contributed by atoms with Gasteiger partial charge in [-0.15, -0.1) is 0 Å². The summed E-state index contributed by atoms with van der Waals surface area (Å²) in [4.78, 5) is 19.1. The number of benzene rings is 1. The molecule has 1 unspecified atom stereocenters. The molecule has 0 aliphatic carbocycles. The maximum absolute atomic E-state index is 11.2. The van der Waals surface area contributed by atoms with Crippen LogP contribution in [0.15, 0.2) is 48.7 Å². The smallest absolute Gasteiger partial charge is 0.311 e. The van der Waals surface area contributed by atoms with E-state index in [1.807, 2.05) is 30.3 Å². The van der Waals surface area contributed by atoms with Gasteiger partial charge in [-0.3, -0.25) is 15.2 Å². The number of pyridine rings is 1. The molecule has 0 fully saturated rings. The van der Waals surface area contributed by atoms with Gasteiger partial charge in [-0.25, -0.2) is 9.97 Å². The molecule has 0 aliphatic heterocycles. The number of anilines is 1. The number of nitrogens with one attached hydrogen (secondary N) is 2. The van der Waals surface area contributed by atoms with Crippen molar-refractivity contribution in [1.82, 2.24) is 20.2 Å². The van der Waals surface area contributed by atoms with Crippen molar-refractivity contribution >= 4 is 11.5 Å². The molecule has 0 radical (unpaired) electrons. The molecule has 1 atom stereocenters. The molecule has 2 N–H and O–H groups in total. The third-order valence-electron chi connectivity index (χ3n) is 3.27. The Kier molecular flexibility index (Phi) is 3.96. The first-order valence-electron chi connectivity index (χ1n) is 6.95. The number of aryl methyl sites for hydroxylation is 1. The Hall–Kier alpha value is -3.29. The number of H-pyrrole nitrogens is 1. The molecule has 2 aromatic heterocycles. The van der Waals surface area contributed by atoms with Gasteiger partial charge < -0.3 is 5.32 Å². The molecule has 0 bridgehead atoms. The highest BCUT2D eigenvalue weighted by Crippen LogP contribution is 2.28. The normalized spacial score (nSPS) is 11.9. The standard InChI is InChI=1S/C15H14N6O2/c1-10-17-15(20-19-10)13(11-6-3-2-4-7-11)18-14-12(21(22)23)8-5-9-16-14/h2-9,13H,1H3,(H,16,18)(H,17,19,20). The van der Waals surface area contributed by atoms with Gasteiger partial charge in [0.05, 0.1) is 4.92 Å². The molecular weight excluding hydrogens is 296 g/mol. The number of hydrogen-bond acceptors (Lipinski definition) is 6. The molecule has 0 spiro atoms. The van der Waals surface area contributed by atoms with Crippen molar-refractivity contribution in [3.63, 3.8) is 0 Å². The van der Waals surface area contributed by atoms with Crippen LogP contribution in [0, 0.1) is 17.0 Å². The van der Waals surface area contributed by atoms with Crippen molar-refractivity contribution in [2.24, 2.45) is 0 Å². The van der Waals surface area contributed by atoms with Crippen LogP contribution in [-0.4, -0.2) is 25.1 Å². The second kappa shape index (κ2) is 6.22. The van der Waals surface area contributed by atoms with E-state index in [0.717, 1.165) is 5.56 Å². The summed E-state index contributed by atoms with van der Waals surface area (Å²) in [6, 6.07) is 11.9. The van der Waals surface area contributed by atoms with Crippen LogP contribution in [0.2, 0.25) is 0 Å². The van der Waals surface area contributed by atoms with E-state index in [0.29, 0.717) is 11.6 Å². The van der Waals surface area contributed by atoms with Crippen LogP contribution in [0.3, 0.4) is 0 Å². The van der Waals surface area contributed by atoms with Crippen LogP contribution in [0.5, 0.6) is 0 Å². The minimum Gasteiger partial charge on any atom is -0.350 e. The van der Waals surface area contributed by atoms with Crippen LogP contribution in [0.4, 0.5) is 11.5 Å². The summed E-state index contributed by atoms with van der Waals surface area (Å²) in [6.07, 6.45) is 1.50. The van der Waals surface area contributed by atoms with E-state index in [9.17, 15) is 10.1 Å². The fraction of sp³-hybridized carbons (Fsp3) is 0.133. The highest BCUT2D eigenvalue weighted by Gasteiger charge is 2.23. The van der Waals surface area contributed by atoms with Crippen molar-refractivity contribution in [3.8, 4) is 0 Å². The minimum absolute atomic E-state index is 0.0966. The maximum Gasteiger partial charge on any atom is 0.311 e. The number of hydrogen-bond donors (Lipinski definition) is 2. The molecule has 0 aliphatic rings. The van der Waals surface area contributed by atoms with Crippen LogP contribution in [0.1, 0.15) is 23.3 Å². The average Bonchev–Trinajstić information content (AvgIpc) is 3.00. The third-order valence-corrected chi connectivity index (χ3v) is 3.27. The van der Waals surface area contributed by atoms with Crippen molar-refractivity contribution in [1.29, 1.82) is 0 Å². The van der Waals surface area contributed by atoms with Crippen molar-refractivity contribution in [2.45, 2.75) is 13.0 Å². The molecule has 0 saturated heterocycles. The molecule has 0 saturated carbocycles. The molecule has 3 aromatic rings. The van der Waals surface area contributed by atoms with Crippen LogP contribution in [0.25, 0.3) is 0 Å². The van der Waals surface area contributed by atoms with Crippen molar-refractivity contribution < 1.29 is 4.92 Å². The van der Waals surface area contributed by atoms with Crippen molar-refractivity contribution in [2.75, 3.05) is 5.32 Å². The Balaban J connectivity index is 2.02. The Bertz CT molecular complexity index is 818. The summed E-state index contributed by atoms with van der Waals surface area (Å²) in [5.41, 5.74) is 0.784. The van der Waals surface area contributed by atoms with E-state index in [4.69, 9.17) is 0 Å². The number of nitrogens with zero attached hydrogens (tertiary/aromatic N) is 4. The van der Waals surface area contributed by atoms with Gasteiger partial charge in [0.15, 0.2) is 5.82 Å². The molecule has 0 amide bonds. The molecule has 116 valence electrons. The largest absolute Gasteiger partial charge is 0.350 e. The van der Waals surface area contributed by atoms with Gasteiger partial charge in [-0.1, -0.05) is 30.3 Å². The minimum atomic E-state index is -0.472. The highest BCUT2D eigenvalue weighted by molar-refractivity contribution is 5.57. The van der Waals surface area contributed by atoms with Crippen LogP contribution >= 0.6 is 0 Å². The fourth-order valence-corrected chi connectivity index (χ4v) is 2.22. The van der Waals surface area contributed by atoms with Crippen LogP contribution < -0.4 is 5.32 Å². The molecule has 23 heavy (non-hydrogen) atoms. The van der Waals surface area contributed by atoms with Crippen molar-refractivity contribution in [3.05, 3.63) is 76.0 Å². The SMILES string of the molecule is Cc1nc(C(Nc2ncccc2[N+](=O)[O-])c2ccccc2)n[nH]1. The monoisotopic (exact) mass is 310 g/mol. The van der Waals surface area contributed by atoms with E-state index in [1.54, 1.807) is 6.92 Å². The molecule has 8 heteroatoms. The van der Waals surface area contributed by atoms with Gasteiger partial charge in [0.2, 0.25) is 5.82 Å². The lowest BCUT2D eigenvalue weighted by atomic mass is 10.1. The van der Waals surface area contributed by atoms with E-state index in [-0.39, 0.29) is 11.5 Å². The lowest BCUT2D eigenvalue weighted by Gasteiger charge is -2.16. The number of rotatable bonds is 5. The quantitative estimate of drug-likeness (QED) is 0.553. The topological polar surface area (TPSA) is 110 Å². The number of aromatic amines is 1. The molecule has 8 nitrogen and oxygen atoms in total. The first-order valence-corrected chi connectivity index (χ1v) is 6.95. The molecule has 3 rings (SSSR count). The molecular formula is C15H14N6O2. The Morgan fingerprint density at radius 2 is 2.00 bits per heavy atom. The number of nitro groups is 1. The Labute approximate surface area is 131 Å². The maximum atomic E-state index is 11.2. The van der Waals surface area contributed by atoms with E-state index in [2.05, 4.69) is 25.5 Å². The summed E-state index contributed by atoms with van der Waals surface area (Å²) in [5.74, 6) is 1.33. The first kappa shape index (κ1) is 14.6. The van der Waals surface area contributed by atoms with E-state index in [1.165, 1.54) is 18.3 Å². The van der Waals surface area contributed by atoms with Gasteiger partial charge in [0.25, 0.3) is 0 Å². The zero-order valence-electron chi connectivity index (χ0n) is 12.3. The lowest BCUT2D eigenvalue weighted by Crippen LogP contribution is -2.16. The van der Waals surface area contributed by atoms with Crippen LogP contribution in [-0.2, 0) is 0 Å². The third kappa shape index (κ3) is 3.15. The molecule has 1 aromatic carbocycles. The highest BCUT2D eigenvalue weighted by atomic mass is 16.6. The predicted octanol–water partition coefficient (Wildman–Crippen LogP) is 2.62. The van der Waals surface area contributed by atoms with E-state index < -0.39 is 11.0 Å². The summed E-state index contributed by atoms with van der Waals surface area (Å²) in [7, 11) is 0.